The van der Waals surface area contributed by atoms with Crippen molar-refractivity contribution < 1.29 is 0 Å². The average Bonchev–Trinajstić information content (AvgIpc) is 3.73. The average molecular weight is 681 g/mol. The number of nitrogens with zero attached hydrogens (tertiary/aromatic N) is 2. The zero-order valence-electron chi connectivity index (χ0n) is 28.9. The Morgan fingerprint density at radius 1 is 0.308 bits per heavy atom. The normalized spacial score (nSPS) is 11.9. The summed E-state index contributed by atoms with van der Waals surface area (Å²) in [5, 5.41) is 10.5. The summed E-state index contributed by atoms with van der Waals surface area (Å²) in [5.41, 5.74) is 8.49. The van der Waals surface area contributed by atoms with Gasteiger partial charge in [-0.05, 0) is 76.2 Å². The van der Waals surface area contributed by atoms with E-state index >= 15 is 0 Å². The second kappa shape index (κ2) is 12.1. The second-order valence-corrected chi connectivity index (χ2v) is 17.6. The van der Waals surface area contributed by atoms with E-state index in [1.165, 1.54) is 81.3 Å². The molecule has 3 heteroatoms. The first-order valence-electron chi connectivity index (χ1n) is 18.0. The second-order valence-electron chi connectivity index (χ2n) is 13.8. The molecule has 246 valence electrons. The Morgan fingerprint density at radius 2 is 0.654 bits per heavy atom. The van der Waals surface area contributed by atoms with Crippen molar-refractivity contribution >= 4 is 72.4 Å². The van der Waals surface area contributed by atoms with Gasteiger partial charge in [0.25, 0.3) is 0 Å². The monoisotopic (exact) mass is 680 g/mol. The predicted octanol–water partition coefficient (Wildman–Crippen LogP) is 9.57. The van der Waals surface area contributed by atoms with Crippen LogP contribution in [0, 0.1) is 6.92 Å². The summed E-state index contributed by atoms with van der Waals surface area (Å²) in [7, 11) is -2.91. The van der Waals surface area contributed by atoms with E-state index in [9.17, 15) is 0 Å². The molecule has 0 spiro atoms. The van der Waals surface area contributed by atoms with E-state index < -0.39 is 8.07 Å². The van der Waals surface area contributed by atoms with E-state index in [1.807, 2.05) is 0 Å². The van der Waals surface area contributed by atoms with Crippen LogP contribution in [-0.4, -0.2) is 17.2 Å². The highest BCUT2D eigenvalue weighted by Crippen LogP contribution is 2.33. The van der Waals surface area contributed by atoms with Crippen molar-refractivity contribution in [2.24, 2.45) is 0 Å². The summed E-state index contributed by atoms with van der Waals surface area (Å²) in [6.07, 6.45) is 0. The van der Waals surface area contributed by atoms with Crippen LogP contribution in [0.25, 0.3) is 55.0 Å². The number of hydrogen-bond donors (Lipinski definition) is 0. The Labute approximate surface area is 304 Å². The van der Waals surface area contributed by atoms with E-state index in [0.717, 1.165) is 0 Å². The minimum Gasteiger partial charge on any atom is -0.309 e. The third-order valence-electron chi connectivity index (χ3n) is 10.9. The molecule has 2 aromatic heterocycles. The highest BCUT2D eigenvalue weighted by Gasteiger charge is 2.42. The predicted molar refractivity (Wildman–Crippen MR) is 223 cm³/mol. The number of rotatable bonds is 6. The van der Waals surface area contributed by atoms with Crippen molar-refractivity contribution in [2.45, 2.75) is 6.92 Å². The fraction of sp³-hybridized carbons (Fsp3) is 0.0204. The van der Waals surface area contributed by atoms with Crippen molar-refractivity contribution in [1.82, 2.24) is 9.13 Å². The molecule has 10 aromatic rings. The molecule has 0 atom stereocenters. The molecule has 0 saturated heterocycles. The molecule has 2 heterocycles. The third-order valence-corrected chi connectivity index (χ3v) is 15.7. The lowest BCUT2D eigenvalue weighted by atomic mass is 10.2. The molecular formula is C49H36N2Si. The van der Waals surface area contributed by atoms with Gasteiger partial charge < -0.3 is 9.13 Å². The van der Waals surface area contributed by atoms with Gasteiger partial charge in [0.05, 0.1) is 22.1 Å². The van der Waals surface area contributed by atoms with Gasteiger partial charge in [0.2, 0.25) is 0 Å². The van der Waals surface area contributed by atoms with Crippen molar-refractivity contribution in [3.8, 4) is 11.4 Å². The number of aryl methyl sites for hydroxylation is 1. The van der Waals surface area contributed by atoms with Crippen LogP contribution >= 0.6 is 0 Å². The van der Waals surface area contributed by atoms with Crippen LogP contribution in [0.15, 0.2) is 200 Å². The standard InChI is InChI=1S/C49H36N2Si/c1-35-29-31-39(32-30-35)52(38-17-3-2-4-18-38,40-19-13-15-36(33-40)50-46-25-9-5-21-42(46)43-22-6-10-26-47(43)50)41-20-14-16-37(34-41)51-48-27-11-7-23-44(48)45-24-8-12-28-49(45)51/h2-34H,1H3. The zero-order valence-corrected chi connectivity index (χ0v) is 29.9. The number of aromatic nitrogens is 2. The molecule has 0 aliphatic heterocycles. The van der Waals surface area contributed by atoms with E-state index in [1.54, 1.807) is 0 Å². The van der Waals surface area contributed by atoms with Crippen LogP contribution in [0.2, 0.25) is 0 Å². The lowest BCUT2D eigenvalue weighted by Gasteiger charge is -2.35. The Balaban J connectivity index is 1.29. The van der Waals surface area contributed by atoms with Crippen LogP contribution in [0.1, 0.15) is 5.56 Å². The fourth-order valence-corrected chi connectivity index (χ4v) is 13.4. The van der Waals surface area contributed by atoms with Crippen LogP contribution in [-0.2, 0) is 0 Å². The van der Waals surface area contributed by atoms with Gasteiger partial charge in [-0.3, -0.25) is 0 Å². The molecule has 0 saturated carbocycles. The van der Waals surface area contributed by atoms with Gasteiger partial charge in [-0.15, -0.1) is 0 Å². The SMILES string of the molecule is Cc1ccc([Si](c2ccccc2)(c2cccc(-n3c4ccccc4c4ccccc43)c2)c2cccc(-n3c4ccccc4c4ccccc43)c2)cc1. The summed E-state index contributed by atoms with van der Waals surface area (Å²) in [6, 6.07) is 74.5. The van der Waals surface area contributed by atoms with Gasteiger partial charge in [-0.2, -0.15) is 0 Å². The van der Waals surface area contributed by atoms with Gasteiger partial charge in [0.1, 0.15) is 0 Å². The highest BCUT2D eigenvalue weighted by atomic mass is 28.3. The van der Waals surface area contributed by atoms with Gasteiger partial charge in [0, 0.05) is 32.9 Å². The minimum atomic E-state index is -2.91. The summed E-state index contributed by atoms with van der Waals surface area (Å²) in [6.45, 7) is 2.18. The molecule has 0 N–H and O–H groups in total. The minimum absolute atomic E-state index is 1.17. The summed E-state index contributed by atoms with van der Waals surface area (Å²) >= 11 is 0. The maximum atomic E-state index is 2.48. The summed E-state index contributed by atoms with van der Waals surface area (Å²) in [4.78, 5) is 0. The van der Waals surface area contributed by atoms with Gasteiger partial charge in [0.15, 0.2) is 8.07 Å². The first kappa shape index (κ1) is 30.4. The number of para-hydroxylation sites is 4. The lowest BCUT2D eigenvalue weighted by molar-refractivity contribution is 1.18. The van der Waals surface area contributed by atoms with Crippen LogP contribution in [0.3, 0.4) is 0 Å². The lowest BCUT2D eigenvalue weighted by Crippen LogP contribution is -2.74. The maximum absolute atomic E-state index is 2.91. The van der Waals surface area contributed by atoms with E-state index in [2.05, 4.69) is 216 Å². The topological polar surface area (TPSA) is 9.86 Å². The molecule has 0 fully saturated rings. The third kappa shape index (κ3) is 4.56. The quantitative estimate of drug-likeness (QED) is 0.122. The van der Waals surface area contributed by atoms with Crippen LogP contribution < -0.4 is 20.7 Å². The van der Waals surface area contributed by atoms with E-state index in [4.69, 9.17) is 0 Å². The molecule has 8 aromatic carbocycles. The number of hydrogen-bond acceptors (Lipinski definition) is 0. The van der Waals surface area contributed by atoms with Gasteiger partial charge >= 0.3 is 0 Å². The fourth-order valence-electron chi connectivity index (χ4n) is 8.65. The molecular weight excluding hydrogens is 645 g/mol. The molecule has 0 unspecified atom stereocenters. The largest absolute Gasteiger partial charge is 0.309 e. The Kier molecular flexibility index (Phi) is 7.09. The molecule has 0 amide bonds. The molecule has 2 nitrogen and oxygen atoms in total. The van der Waals surface area contributed by atoms with Crippen LogP contribution in [0.5, 0.6) is 0 Å². The Morgan fingerprint density at radius 3 is 1.08 bits per heavy atom. The van der Waals surface area contributed by atoms with Gasteiger partial charge in [-0.1, -0.05) is 157 Å². The van der Waals surface area contributed by atoms with E-state index in [-0.39, 0.29) is 0 Å². The molecule has 0 bridgehead atoms. The summed E-state index contributed by atoms with van der Waals surface area (Å²) < 4.78 is 4.89. The molecule has 52 heavy (non-hydrogen) atoms. The Hall–Kier alpha value is -6.42. The molecule has 10 rings (SSSR count). The van der Waals surface area contributed by atoms with E-state index in [0.29, 0.717) is 0 Å². The zero-order chi connectivity index (χ0) is 34.6. The first-order valence-corrected chi connectivity index (χ1v) is 20.0. The number of benzene rings is 8. The van der Waals surface area contributed by atoms with Crippen molar-refractivity contribution in [3.05, 3.63) is 206 Å². The van der Waals surface area contributed by atoms with Gasteiger partial charge in [-0.25, -0.2) is 0 Å². The smallest absolute Gasteiger partial charge is 0.179 e. The van der Waals surface area contributed by atoms with Crippen LogP contribution in [0.4, 0.5) is 0 Å². The molecule has 0 aliphatic carbocycles. The van der Waals surface area contributed by atoms with Crippen molar-refractivity contribution in [2.75, 3.05) is 0 Å². The van der Waals surface area contributed by atoms with Crippen molar-refractivity contribution in [3.63, 3.8) is 0 Å². The maximum Gasteiger partial charge on any atom is 0.179 e. The summed E-state index contributed by atoms with van der Waals surface area (Å²) in [5.74, 6) is 0. The molecule has 0 radical (unpaired) electrons. The number of fused-ring (bicyclic) bond motifs is 6. The first-order chi connectivity index (χ1) is 25.7. The molecule has 0 aliphatic rings. The highest BCUT2D eigenvalue weighted by molar-refractivity contribution is 7.20. The van der Waals surface area contributed by atoms with Crippen molar-refractivity contribution in [1.29, 1.82) is 0 Å². The Bertz CT molecular complexity index is 2650.